The number of H-pyrrole nitrogens is 1. The lowest BCUT2D eigenvalue weighted by atomic mass is 9.94. The molecule has 3 nitrogen and oxygen atoms in total. The van der Waals surface area contributed by atoms with E-state index in [0.29, 0.717) is 21.3 Å². The summed E-state index contributed by atoms with van der Waals surface area (Å²) in [5, 5.41) is 12.5. The molecule has 0 aliphatic rings. The number of nitriles is 1. The average Bonchev–Trinajstić information content (AvgIpc) is 3.23. The number of aromatic nitrogens is 2. The summed E-state index contributed by atoms with van der Waals surface area (Å²) in [6.45, 7) is 0. The van der Waals surface area contributed by atoms with Crippen LogP contribution < -0.4 is 0 Å². The molecule has 0 radical (unpaired) electrons. The Morgan fingerprint density at radius 1 is 0.774 bits per heavy atom. The highest BCUT2D eigenvalue weighted by atomic mass is 35.5. The SMILES string of the molecule is N#Cc1c(-c2ccc(Cl)cc2)cc(-c2ccc(Cl)cc2)nc1-c1c[nH]c2ccccc12. The minimum atomic E-state index is 0.518. The van der Waals surface area contributed by atoms with Gasteiger partial charge in [-0.1, -0.05) is 65.7 Å². The molecule has 5 aromatic rings. The van der Waals surface area contributed by atoms with Crippen molar-refractivity contribution in [2.45, 2.75) is 0 Å². The quantitative estimate of drug-likeness (QED) is 0.312. The molecular weight excluding hydrogens is 425 g/mol. The maximum Gasteiger partial charge on any atom is 0.102 e. The summed E-state index contributed by atoms with van der Waals surface area (Å²) in [7, 11) is 0. The van der Waals surface area contributed by atoms with Gasteiger partial charge < -0.3 is 4.98 Å². The fourth-order valence-corrected chi connectivity index (χ4v) is 4.00. The second kappa shape index (κ2) is 7.92. The Morgan fingerprint density at radius 3 is 2.10 bits per heavy atom. The molecule has 0 amide bonds. The van der Waals surface area contributed by atoms with Crippen LogP contribution in [0.3, 0.4) is 0 Å². The van der Waals surface area contributed by atoms with E-state index in [2.05, 4.69) is 11.1 Å². The van der Waals surface area contributed by atoms with Crippen molar-refractivity contribution in [2.75, 3.05) is 0 Å². The molecule has 0 saturated heterocycles. The van der Waals surface area contributed by atoms with Crippen LogP contribution in [-0.4, -0.2) is 9.97 Å². The number of pyridine rings is 1. The number of rotatable bonds is 3. The van der Waals surface area contributed by atoms with E-state index in [0.717, 1.165) is 38.9 Å². The number of nitrogens with zero attached hydrogens (tertiary/aromatic N) is 2. The number of hydrogen-bond donors (Lipinski definition) is 1. The van der Waals surface area contributed by atoms with Gasteiger partial charge in [-0.25, -0.2) is 4.98 Å². The van der Waals surface area contributed by atoms with Gasteiger partial charge >= 0.3 is 0 Å². The molecule has 5 heteroatoms. The zero-order valence-electron chi connectivity index (χ0n) is 16.2. The number of fused-ring (bicyclic) bond motifs is 1. The Balaban J connectivity index is 1.83. The van der Waals surface area contributed by atoms with Crippen LogP contribution in [0.15, 0.2) is 85.1 Å². The first-order chi connectivity index (χ1) is 15.1. The van der Waals surface area contributed by atoms with Gasteiger partial charge in [-0.3, -0.25) is 0 Å². The van der Waals surface area contributed by atoms with Crippen molar-refractivity contribution >= 4 is 34.1 Å². The van der Waals surface area contributed by atoms with Crippen LogP contribution >= 0.6 is 23.2 Å². The smallest absolute Gasteiger partial charge is 0.102 e. The largest absolute Gasteiger partial charge is 0.360 e. The van der Waals surface area contributed by atoms with E-state index in [1.54, 1.807) is 0 Å². The van der Waals surface area contributed by atoms with Crippen LogP contribution in [0.5, 0.6) is 0 Å². The number of benzene rings is 3. The first kappa shape index (κ1) is 19.4. The maximum atomic E-state index is 10.1. The minimum absolute atomic E-state index is 0.518. The topological polar surface area (TPSA) is 52.5 Å². The lowest BCUT2D eigenvalue weighted by molar-refractivity contribution is 1.30. The third-order valence-corrected chi connectivity index (χ3v) is 5.77. The summed E-state index contributed by atoms with van der Waals surface area (Å²) in [6.07, 6.45) is 1.91. The molecule has 2 heterocycles. The zero-order valence-corrected chi connectivity index (χ0v) is 17.7. The van der Waals surface area contributed by atoms with E-state index in [-0.39, 0.29) is 0 Å². The predicted octanol–water partition coefficient (Wildman–Crippen LogP) is 7.74. The second-order valence-corrected chi connectivity index (χ2v) is 8.03. The van der Waals surface area contributed by atoms with Gasteiger partial charge in [0.05, 0.1) is 17.0 Å². The summed E-state index contributed by atoms with van der Waals surface area (Å²) in [4.78, 5) is 8.22. The second-order valence-electron chi connectivity index (χ2n) is 7.15. The van der Waals surface area contributed by atoms with Crippen molar-refractivity contribution in [3.63, 3.8) is 0 Å². The van der Waals surface area contributed by atoms with Crippen molar-refractivity contribution in [2.24, 2.45) is 0 Å². The first-order valence-corrected chi connectivity index (χ1v) is 10.4. The van der Waals surface area contributed by atoms with Crippen LogP contribution in [0.1, 0.15) is 5.56 Å². The highest BCUT2D eigenvalue weighted by Gasteiger charge is 2.19. The van der Waals surface area contributed by atoms with Crippen molar-refractivity contribution in [1.82, 2.24) is 9.97 Å². The van der Waals surface area contributed by atoms with Crippen molar-refractivity contribution in [3.8, 4) is 39.7 Å². The van der Waals surface area contributed by atoms with Crippen molar-refractivity contribution < 1.29 is 0 Å². The maximum absolute atomic E-state index is 10.1. The molecular formula is C26H15Cl2N3. The van der Waals surface area contributed by atoms with Crippen LogP contribution in [0.4, 0.5) is 0 Å². The highest BCUT2D eigenvalue weighted by molar-refractivity contribution is 6.31. The Kier molecular flexibility index (Phi) is 4.95. The van der Waals surface area contributed by atoms with E-state index in [9.17, 15) is 5.26 Å². The van der Waals surface area contributed by atoms with E-state index >= 15 is 0 Å². The average molecular weight is 440 g/mol. The Hall–Kier alpha value is -3.58. The summed E-state index contributed by atoms with van der Waals surface area (Å²) in [5.74, 6) is 0. The number of aromatic amines is 1. The van der Waals surface area contributed by atoms with Gasteiger partial charge in [0.15, 0.2) is 0 Å². The number of nitrogens with one attached hydrogen (secondary N) is 1. The molecule has 0 atom stereocenters. The summed E-state index contributed by atoms with van der Waals surface area (Å²) >= 11 is 12.2. The molecule has 0 saturated carbocycles. The van der Waals surface area contributed by atoms with Crippen molar-refractivity contribution in [3.05, 3.63) is 101 Å². The summed E-state index contributed by atoms with van der Waals surface area (Å²) in [5.41, 5.74) is 6.43. The molecule has 2 aromatic heterocycles. The zero-order chi connectivity index (χ0) is 21.4. The standard InChI is InChI=1S/C26H15Cl2N3/c27-18-9-5-16(6-10-18)21-13-25(17-7-11-19(28)12-8-17)31-26(22(21)14-29)23-15-30-24-4-2-1-3-20(23)24/h1-13,15,30H. The molecule has 3 aromatic carbocycles. The third-order valence-electron chi connectivity index (χ3n) is 5.27. The molecule has 0 aliphatic carbocycles. The number of para-hydroxylation sites is 1. The molecule has 0 fully saturated rings. The van der Waals surface area contributed by atoms with Gasteiger partial charge in [0.2, 0.25) is 0 Å². The molecule has 148 valence electrons. The fourth-order valence-electron chi connectivity index (χ4n) is 3.75. The Morgan fingerprint density at radius 2 is 1.42 bits per heavy atom. The van der Waals surface area contributed by atoms with Gasteiger partial charge in [0.1, 0.15) is 6.07 Å². The molecule has 31 heavy (non-hydrogen) atoms. The van der Waals surface area contributed by atoms with E-state index in [4.69, 9.17) is 28.2 Å². The van der Waals surface area contributed by atoms with Crippen LogP contribution in [0.2, 0.25) is 10.0 Å². The van der Waals surface area contributed by atoms with Gasteiger partial charge in [-0.2, -0.15) is 5.26 Å². The minimum Gasteiger partial charge on any atom is -0.360 e. The van der Waals surface area contributed by atoms with E-state index in [1.807, 2.05) is 85.1 Å². The fraction of sp³-hybridized carbons (Fsp3) is 0. The molecule has 5 rings (SSSR count). The Bertz CT molecular complexity index is 1440. The molecule has 0 unspecified atom stereocenters. The number of halogens is 2. The molecule has 0 spiro atoms. The van der Waals surface area contributed by atoms with Crippen LogP contribution in [0.25, 0.3) is 44.5 Å². The highest BCUT2D eigenvalue weighted by Crippen LogP contribution is 2.37. The van der Waals surface area contributed by atoms with E-state index in [1.165, 1.54) is 0 Å². The summed E-state index contributed by atoms with van der Waals surface area (Å²) < 4.78 is 0. The lowest BCUT2D eigenvalue weighted by Gasteiger charge is -2.13. The molecule has 0 bridgehead atoms. The monoisotopic (exact) mass is 439 g/mol. The normalized spacial score (nSPS) is 10.9. The molecule has 1 N–H and O–H groups in total. The lowest BCUT2D eigenvalue weighted by Crippen LogP contribution is -1.96. The van der Waals surface area contributed by atoms with Crippen molar-refractivity contribution in [1.29, 1.82) is 5.26 Å². The summed E-state index contributed by atoms with van der Waals surface area (Å²) in [6, 6.07) is 27.4. The molecule has 0 aliphatic heterocycles. The first-order valence-electron chi connectivity index (χ1n) is 9.67. The van der Waals surface area contributed by atoms with Crippen LogP contribution in [-0.2, 0) is 0 Å². The van der Waals surface area contributed by atoms with Gasteiger partial charge in [-0.15, -0.1) is 0 Å². The Labute approximate surface area is 189 Å². The predicted molar refractivity (Wildman–Crippen MR) is 127 cm³/mol. The van der Waals surface area contributed by atoms with Gasteiger partial charge in [-0.05, 0) is 42.0 Å². The van der Waals surface area contributed by atoms with Gasteiger partial charge in [0, 0.05) is 43.8 Å². The van der Waals surface area contributed by atoms with Crippen LogP contribution in [0, 0.1) is 11.3 Å². The third kappa shape index (κ3) is 3.57. The van der Waals surface area contributed by atoms with E-state index < -0.39 is 0 Å². The number of hydrogen-bond acceptors (Lipinski definition) is 2. The van der Waals surface area contributed by atoms with Gasteiger partial charge in [0.25, 0.3) is 0 Å².